The minimum Gasteiger partial charge on any atom is -0.381 e. The second kappa shape index (κ2) is 5.83. The van der Waals surface area contributed by atoms with Gasteiger partial charge >= 0.3 is 0 Å². The van der Waals surface area contributed by atoms with Gasteiger partial charge in [0.2, 0.25) is 11.9 Å². The maximum absolute atomic E-state index is 12.8. The van der Waals surface area contributed by atoms with Crippen LogP contribution in [0.2, 0.25) is 0 Å². The van der Waals surface area contributed by atoms with Crippen LogP contribution in [0.4, 0.5) is 5.95 Å². The van der Waals surface area contributed by atoms with E-state index in [0.717, 1.165) is 57.9 Å². The van der Waals surface area contributed by atoms with Crippen molar-refractivity contribution in [3.8, 4) is 0 Å². The predicted octanol–water partition coefficient (Wildman–Crippen LogP) is 1.08. The molecule has 22 heavy (non-hydrogen) atoms. The molecule has 0 spiro atoms. The zero-order chi connectivity index (χ0) is 14.9. The van der Waals surface area contributed by atoms with Gasteiger partial charge in [0.15, 0.2) is 0 Å². The summed E-state index contributed by atoms with van der Waals surface area (Å²) >= 11 is 0. The number of carbonyl (C=O) groups is 1. The molecule has 0 bridgehead atoms. The number of amides is 1. The number of fused-ring (bicyclic) bond motifs is 1. The fraction of sp³-hybridized carbons (Fsp3) is 0.688. The van der Waals surface area contributed by atoms with Crippen LogP contribution < -0.4 is 4.90 Å². The molecule has 3 aliphatic rings. The number of rotatable bonds is 2. The lowest BCUT2D eigenvalue weighted by Crippen LogP contribution is -2.43. The molecule has 3 aliphatic heterocycles. The molecule has 3 fully saturated rings. The van der Waals surface area contributed by atoms with Crippen molar-refractivity contribution < 1.29 is 9.53 Å². The average molecular weight is 302 g/mol. The van der Waals surface area contributed by atoms with Gasteiger partial charge < -0.3 is 14.5 Å². The fourth-order valence-electron chi connectivity index (χ4n) is 4.13. The van der Waals surface area contributed by atoms with Crippen LogP contribution in [0.5, 0.6) is 0 Å². The van der Waals surface area contributed by atoms with Crippen molar-refractivity contribution in [3.63, 3.8) is 0 Å². The summed E-state index contributed by atoms with van der Waals surface area (Å²) in [6.45, 7) is 3.26. The van der Waals surface area contributed by atoms with Crippen molar-refractivity contribution in [2.24, 2.45) is 5.92 Å². The minimum absolute atomic E-state index is 0.162. The molecule has 0 radical (unpaired) electrons. The van der Waals surface area contributed by atoms with Gasteiger partial charge in [-0.3, -0.25) is 4.79 Å². The molecule has 0 N–H and O–H groups in total. The predicted molar refractivity (Wildman–Crippen MR) is 81.4 cm³/mol. The summed E-state index contributed by atoms with van der Waals surface area (Å²) in [6.07, 6.45) is 7.37. The number of carbonyl (C=O) groups excluding carboxylic acids is 1. The second-order valence-electron chi connectivity index (χ2n) is 6.37. The van der Waals surface area contributed by atoms with Crippen molar-refractivity contribution in [2.75, 3.05) is 31.2 Å². The number of ether oxygens (including phenoxy) is 1. The van der Waals surface area contributed by atoms with Crippen LogP contribution in [0, 0.1) is 5.92 Å². The SMILES string of the molecule is O=C(C1CCOCC1)N1CC[C@H]2[C@H]1CCN2c1ncccn1. The molecule has 0 saturated carbocycles. The Morgan fingerprint density at radius 2 is 1.77 bits per heavy atom. The van der Waals surface area contributed by atoms with Crippen molar-refractivity contribution in [2.45, 2.75) is 37.8 Å². The fourth-order valence-corrected chi connectivity index (χ4v) is 4.13. The van der Waals surface area contributed by atoms with Crippen LogP contribution in [0.1, 0.15) is 25.7 Å². The first-order valence-electron chi connectivity index (χ1n) is 8.26. The Bertz CT molecular complexity index is 532. The van der Waals surface area contributed by atoms with E-state index in [4.69, 9.17) is 4.74 Å². The van der Waals surface area contributed by atoms with Crippen molar-refractivity contribution >= 4 is 11.9 Å². The first-order chi connectivity index (χ1) is 10.8. The standard InChI is InChI=1S/C16H22N4O2/c21-15(12-4-10-22-11-5-12)19-8-2-14-13(19)3-9-20(14)16-17-6-1-7-18-16/h1,6-7,12-14H,2-5,8-11H2/t13-,14+/m1/s1. The summed E-state index contributed by atoms with van der Waals surface area (Å²) in [4.78, 5) is 26.0. The number of hydrogen-bond acceptors (Lipinski definition) is 5. The van der Waals surface area contributed by atoms with E-state index in [2.05, 4.69) is 19.8 Å². The van der Waals surface area contributed by atoms with E-state index in [0.29, 0.717) is 18.0 Å². The van der Waals surface area contributed by atoms with Gasteiger partial charge in [0.05, 0.1) is 12.1 Å². The normalized spacial score (nSPS) is 28.9. The molecule has 4 rings (SSSR count). The Morgan fingerprint density at radius 1 is 1.05 bits per heavy atom. The average Bonchev–Trinajstić information content (AvgIpc) is 3.17. The lowest BCUT2D eigenvalue weighted by Gasteiger charge is -2.30. The van der Waals surface area contributed by atoms with E-state index >= 15 is 0 Å². The largest absolute Gasteiger partial charge is 0.381 e. The minimum atomic E-state index is 0.162. The maximum atomic E-state index is 12.8. The molecule has 0 unspecified atom stereocenters. The molecule has 6 heteroatoms. The van der Waals surface area contributed by atoms with Crippen LogP contribution in [0.3, 0.4) is 0 Å². The van der Waals surface area contributed by atoms with Crippen molar-refractivity contribution in [1.82, 2.24) is 14.9 Å². The van der Waals surface area contributed by atoms with Crippen LogP contribution in [0.25, 0.3) is 0 Å². The van der Waals surface area contributed by atoms with Crippen molar-refractivity contribution in [1.29, 1.82) is 0 Å². The zero-order valence-corrected chi connectivity index (χ0v) is 12.7. The van der Waals surface area contributed by atoms with Crippen LogP contribution >= 0.6 is 0 Å². The Hall–Kier alpha value is -1.69. The highest BCUT2D eigenvalue weighted by Crippen LogP contribution is 2.35. The van der Waals surface area contributed by atoms with Gasteiger partial charge in [-0.1, -0.05) is 0 Å². The number of aromatic nitrogens is 2. The van der Waals surface area contributed by atoms with Gasteiger partial charge in [0, 0.05) is 44.6 Å². The van der Waals surface area contributed by atoms with Crippen molar-refractivity contribution in [3.05, 3.63) is 18.5 Å². The summed E-state index contributed by atoms with van der Waals surface area (Å²) in [5.74, 6) is 1.30. The van der Waals surface area contributed by atoms with E-state index in [1.54, 1.807) is 12.4 Å². The number of likely N-dealkylation sites (tertiary alicyclic amines) is 1. The second-order valence-corrected chi connectivity index (χ2v) is 6.37. The molecular formula is C16H22N4O2. The first-order valence-corrected chi connectivity index (χ1v) is 8.26. The molecule has 1 aromatic rings. The Kier molecular flexibility index (Phi) is 3.70. The molecule has 0 aliphatic carbocycles. The van der Waals surface area contributed by atoms with Gasteiger partial charge in [-0.05, 0) is 31.7 Å². The summed E-state index contributed by atoms with van der Waals surface area (Å²) in [5.41, 5.74) is 0. The maximum Gasteiger partial charge on any atom is 0.226 e. The quantitative estimate of drug-likeness (QED) is 0.818. The number of nitrogens with zero attached hydrogens (tertiary/aromatic N) is 4. The van der Waals surface area contributed by atoms with E-state index in [1.807, 2.05) is 6.07 Å². The lowest BCUT2D eigenvalue weighted by molar-refractivity contribution is -0.139. The van der Waals surface area contributed by atoms with Gasteiger partial charge in [-0.25, -0.2) is 9.97 Å². The molecule has 4 heterocycles. The number of hydrogen-bond donors (Lipinski definition) is 0. The summed E-state index contributed by atoms with van der Waals surface area (Å²) in [7, 11) is 0. The van der Waals surface area contributed by atoms with E-state index < -0.39 is 0 Å². The molecular weight excluding hydrogens is 280 g/mol. The Balaban J connectivity index is 1.47. The molecule has 0 aromatic carbocycles. The zero-order valence-electron chi connectivity index (χ0n) is 12.7. The summed E-state index contributed by atoms with van der Waals surface area (Å²) < 4.78 is 5.38. The lowest BCUT2D eigenvalue weighted by atomic mass is 9.98. The highest BCUT2D eigenvalue weighted by Gasteiger charge is 2.46. The smallest absolute Gasteiger partial charge is 0.226 e. The third-order valence-corrected chi connectivity index (χ3v) is 5.24. The molecule has 2 atom stereocenters. The molecule has 1 amide bonds. The molecule has 3 saturated heterocycles. The number of anilines is 1. The first kappa shape index (κ1) is 13.9. The Morgan fingerprint density at radius 3 is 2.55 bits per heavy atom. The monoisotopic (exact) mass is 302 g/mol. The van der Waals surface area contributed by atoms with Crippen LogP contribution in [0.15, 0.2) is 18.5 Å². The third-order valence-electron chi connectivity index (χ3n) is 5.24. The van der Waals surface area contributed by atoms with Gasteiger partial charge in [-0.2, -0.15) is 0 Å². The molecule has 1 aromatic heterocycles. The topological polar surface area (TPSA) is 58.6 Å². The Labute approximate surface area is 130 Å². The van der Waals surface area contributed by atoms with Gasteiger partial charge in [-0.15, -0.1) is 0 Å². The molecule has 118 valence electrons. The van der Waals surface area contributed by atoms with Crippen LogP contribution in [-0.2, 0) is 9.53 Å². The summed E-state index contributed by atoms with van der Waals surface area (Å²) in [5, 5.41) is 0. The van der Waals surface area contributed by atoms with Crippen LogP contribution in [-0.4, -0.2) is 59.2 Å². The highest BCUT2D eigenvalue weighted by atomic mass is 16.5. The van der Waals surface area contributed by atoms with Gasteiger partial charge in [0.25, 0.3) is 0 Å². The third kappa shape index (κ3) is 2.35. The van der Waals surface area contributed by atoms with E-state index in [1.165, 1.54) is 0 Å². The van der Waals surface area contributed by atoms with E-state index in [-0.39, 0.29) is 5.92 Å². The highest BCUT2D eigenvalue weighted by molar-refractivity contribution is 5.80. The van der Waals surface area contributed by atoms with Gasteiger partial charge in [0.1, 0.15) is 0 Å². The molecule has 6 nitrogen and oxygen atoms in total. The summed E-state index contributed by atoms with van der Waals surface area (Å²) in [6, 6.07) is 2.55. The van der Waals surface area contributed by atoms with E-state index in [9.17, 15) is 4.79 Å².